The molecule has 3 aromatic rings. The first kappa shape index (κ1) is 14.9. The second-order valence-electron chi connectivity index (χ2n) is 7.42. The van der Waals surface area contributed by atoms with Gasteiger partial charge in [0.05, 0.1) is 11.7 Å². The van der Waals surface area contributed by atoms with Crippen LogP contribution in [0.5, 0.6) is 0 Å². The first-order valence-corrected chi connectivity index (χ1v) is 9.38. The van der Waals surface area contributed by atoms with E-state index in [-0.39, 0.29) is 0 Å². The van der Waals surface area contributed by atoms with Gasteiger partial charge in [-0.3, -0.25) is 5.10 Å². The average Bonchev–Trinajstić information content (AvgIpc) is 3.38. The smallest absolute Gasteiger partial charge is 0.162 e. The molecule has 1 atom stereocenters. The Morgan fingerprint density at radius 2 is 2.04 bits per heavy atom. The van der Waals surface area contributed by atoms with Gasteiger partial charge in [0.2, 0.25) is 0 Å². The van der Waals surface area contributed by atoms with Crippen LogP contribution in [0.15, 0.2) is 30.5 Å². The van der Waals surface area contributed by atoms with Gasteiger partial charge in [-0.25, -0.2) is 9.97 Å². The number of nitrogens with one attached hydrogen (secondary N) is 1. The van der Waals surface area contributed by atoms with E-state index >= 15 is 0 Å². The lowest BCUT2D eigenvalue weighted by molar-refractivity contribution is 0.481. The van der Waals surface area contributed by atoms with E-state index < -0.39 is 0 Å². The number of hydrogen-bond donors (Lipinski definition) is 1. The molecule has 3 heterocycles. The summed E-state index contributed by atoms with van der Waals surface area (Å²) in [7, 11) is 0. The molecule has 0 amide bonds. The van der Waals surface area contributed by atoms with E-state index in [1.54, 1.807) is 0 Å². The van der Waals surface area contributed by atoms with Gasteiger partial charge in [-0.2, -0.15) is 5.10 Å². The minimum atomic E-state index is 0.549. The fraction of sp³-hybridized carbons (Fsp3) is 0.450. The maximum Gasteiger partial charge on any atom is 0.162 e. The van der Waals surface area contributed by atoms with Crippen molar-refractivity contribution in [2.24, 2.45) is 0 Å². The molecule has 128 valence electrons. The van der Waals surface area contributed by atoms with Crippen molar-refractivity contribution < 1.29 is 0 Å². The van der Waals surface area contributed by atoms with Crippen molar-refractivity contribution in [2.45, 2.75) is 51.0 Å². The van der Waals surface area contributed by atoms with Gasteiger partial charge in [0, 0.05) is 41.2 Å². The summed E-state index contributed by atoms with van der Waals surface area (Å²) >= 11 is 0. The zero-order chi connectivity index (χ0) is 16.8. The molecule has 1 aliphatic carbocycles. The Kier molecular flexibility index (Phi) is 3.47. The summed E-state index contributed by atoms with van der Waals surface area (Å²) < 4.78 is 0. The summed E-state index contributed by atoms with van der Waals surface area (Å²) in [6, 6.07) is 8.98. The van der Waals surface area contributed by atoms with E-state index in [1.807, 2.05) is 18.3 Å². The van der Waals surface area contributed by atoms with Crippen LogP contribution in [0.3, 0.4) is 0 Å². The third kappa shape index (κ3) is 2.68. The summed E-state index contributed by atoms with van der Waals surface area (Å²) in [4.78, 5) is 12.4. The highest BCUT2D eigenvalue weighted by atomic mass is 15.2. The van der Waals surface area contributed by atoms with Gasteiger partial charge in [0.1, 0.15) is 5.82 Å². The molecule has 2 fully saturated rings. The lowest BCUT2D eigenvalue weighted by Gasteiger charge is -2.34. The Balaban J connectivity index is 1.65. The second-order valence-corrected chi connectivity index (χ2v) is 7.42. The molecular formula is C20H23N5. The van der Waals surface area contributed by atoms with Crippen molar-refractivity contribution in [2.75, 3.05) is 11.4 Å². The highest BCUT2D eigenvalue weighted by Gasteiger charge is 2.28. The molecule has 0 bridgehead atoms. The zero-order valence-electron chi connectivity index (χ0n) is 14.6. The maximum atomic E-state index is 4.99. The van der Waals surface area contributed by atoms with Crippen LogP contribution in [0.4, 0.5) is 5.82 Å². The molecule has 5 heteroatoms. The predicted octanol–water partition coefficient (Wildman–Crippen LogP) is 4.28. The van der Waals surface area contributed by atoms with E-state index in [2.05, 4.69) is 34.2 Å². The highest BCUT2D eigenvalue weighted by molar-refractivity contribution is 5.92. The van der Waals surface area contributed by atoms with Gasteiger partial charge in [0.15, 0.2) is 5.82 Å². The van der Waals surface area contributed by atoms with Crippen LogP contribution in [0.1, 0.15) is 50.6 Å². The molecule has 0 radical (unpaired) electrons. The number of nitrogens with zero attached hydrogens (tertiary/aromatic N) is 4. The van der Waals surface area contributed by atoms with Gasteiger partial charge >= 0.3 is 0 Å². The summed E-state index contributed by atoms with van der Waals surface area (Å²) in [5.41, 5.74) is 3.31. The van der Waals surface area contributed by atoms with Gasteiger partial charge in [-0.05, 0) is 45.1 Å². The predicted molar refractivity (Wildman–Crippen MR) is 99.8 cm³/mol. The Hall–Kier alpha value is -2.43. The van der Waals surface area contributed by atoms with Crippen LogP contribution >= 0.6 is 0 Å². The number of hydrogen-bond acceptors (Lipinski definition) is 4. The average molecular weight is 333 g/mol. The van der Waals surface area contributed by atoms with E-state index in [9.17, 15) is 0 Å². The van der Waals surface area contributed by atoms with E-state index in [4.69, 9.17) is 9.97 Å². The SMILES string of the molecule is CC1CCCCN1c1cc(C2CC2)nc(-c2cccc3[nH]ncc23)n1. The van der Waals surface area contributed by atoms with Crippen LogP contribution in [0.25, 0.3) is 22.3 Å². The number of aromatic nitrogens is 4. The molecule has 1 saturated carbocycles. The number of aromatic amines is 1. The lowest BCUT2D eigenvalue weighted by Crippen LogP contribution is -2.38. The van der Waals surface area contributed by atoms with Crippen molar-refractivity contribution in [3.63, 3.8) is 0 Å². The fourth-order valence-electron chi connectivity index (χ4n) is 3.91. The molecule has 1 N–H and O–H groups in total. The van der Waals surface area contributed by atoms with Gasteiger partial charge in [0.25, 0.3) is 0 Å². The van der Waals surface area contributed by atoms with Crippen LogP contribution < -0.4 is 4.90 Å². The zero-order valence-corrected chi connectivity index (χ0v) is 14.6. The van der Waals surface area contributed by atoms with Crippen LogP contribution in [-0.4, -0.2) is 32.8 Å². The molecule has 1 aliphatic heterocycles. The molecule has 2 aliphatic rings. The Labute approximate surface area is 147 Å². The fourth-order valence-corrected chi connectivity index (χ4v) is 3.91. The molecule has 0 spiro atoms. The third-order valence-electron chi connectivity index (χ3n) is 5.55. The lowest BCUT2D eigenvalue weighted by atomic mass is 10.0. The van der Waals surface area contributed by atoms with Gasteiger partial charge in [-0.15, -0.1) is 0 Å². The van der Waals surface area contributed by atoms with Crippen LogP contribution in [0.2, 0.25) is 0 Å². The topological polar surface area (TPSA) is 57.7 Å². The van der Waals surface area contributed by atoms with Crippen molar-refractivity contribution >= 4 is 16.7 Å². The van der Waals surface area contributed by atoms with Crippen molar-refractivity contribution in [1.82, 2.24) is 20.2 Å². The minimum Gasteiger partial charge on any atom is -0.354 e. The molecular weight excluding hydrogens is 310 g/mol. The number of anilines is 1. The Morgan fingerprint density at radius 3 is 2.88 bits per heavy atom. The van der Waals surface area contributed by atoms with Gasteiger partial charge < -0.3 is 4.90 Å². The van der Waals surface area contributed by atoms with E-state index in [0.29, 0.717) is 12.0 Å². The van der Waals surface area contributed by atoms with Gasteiger partial charge in [-0.1, -0.05) is 12.1 Å². The number of benzene rings is 1. The standard InChI is InChI=1S/C20H23N5/c1-13-5-2-3-10-25(13)19-11-18(14-8-9-14)22-20(23-19)15-6-4-7-17-16(15)12-21-24-17/h4,6-7,11-14H,2-3,5,8-10H2,1H3,(H,21,24). The van der Waals surface area contributed by atoms with Crippen LogP contribution in [-0.2, 0) is 0 Å². The Bertz CT molecular complexity index is 911. The van der Waals surface area contributed by atoms with Crippen molar-refractivity contribution in [3.05, 3.63) is 36.2 Å². The molecule has 1 unspecified atom stereocenters. The normalized spacial score (nSPS) is 21.0. The van der Waals surface area contributed by atoms with Crippen LogP contribution in [0, 0.1) is 0 Å². The monoisotopic (exact) mass is 333 g/mol. The Morgan fingerprint density at radius 1 is 1.12 bits per heavy atom. The number of fused-ring (bicyclic) bond motifs is 1. The summed E-state index contributed by atoms with van der Waals surface area (Å²) in [6.45, 7) is 3.41. The molecule has 25 heavy (non-hydrogen) atoms. The number of H-pyrrole nitrogens is 1. The molecule has 5 rings (SSSR count). The van der Waals surface area contributed by atoms with Crippen molar-refractivity contribution in [1.29, 1.82) is 0 Å². The summed E-state index contributed by atoms with van der Waals surface area (Å²) in [5.74, 6) is 2.55. The van der Waals surface area contributed by atoms with E-state index in [0.717, 1.165) is 34.7 Å². The molecule has 2 aromatic heterocycles. The first-order valence-electron chi connectivity index (χ1n) is 9.38. The highest BCUT2D eigenvalue weighted by Crippen LogP contribution is 2.41. The minimum absolute atomic E-state index is 0.549. The summed E-state index contributed by atoms with van der Waals surface area (Å²) in [6.07, 6.45) is 8.19. The van der Waals surface area contributed by atoms with Crippen molar-refractivity contribution in [3.8, 4) is 11.4 Å². The first-order chi connectivity index (χ1) is 12.3. The quantitative estimate of drug-likeness (QED) is 0.777. The second kappa shape index (κ2) is 5.83. The number of rotatable bonds is 3. The molecule has 1 saturated heterocycles. The third-order valence-corrected chi connectivity index (χ3v) is 5.55. The maximum absolute atomic E-state index is 4.99. The largest absolute Gasteiger partial charge is 0.354 e. The molecule has 5 nitrogen and oxygen atoms in total. The molecule has 1 aromatic carbocycles. The summed E-state index contributed by atoms with van der Waals surface area (Å²) in [5, 5.41) is 8.33. The van der Waals surface area contributed by atoms with E-state index in [1.165, 1.54) is 37.8 Å². The number of piperidine rings is 1.